The normalized spacial score (nSPS) is 21.1. The summed E-state index contributed by atoms with van der Waals surface area (Å²) in [7, 11) is 0. The third-order valence-electron chi connectivity index (χ3n) is 5.80. The molecule has 2 aromatic rings. The van der Waals surface area contributed by atoms with Crippen LogP contribution in [0.5, 0.6) is 0 Å². The molecule has 0 radical (unpaired) electrons. The van der Waals surface area contributed by atoms with Crippen LogP contribution in [0.25, 0.3) is 11.0 Å². The lowest BCUT2D eigenvalue weighted by Crippen LogP contribution is -2.48. The number of likely N-dealkylation sites (tertiary alicyclic amines) is 1. The van der Waals surface area contributed by atoms with Crippen molar-refractivity contribution in [3.8, 4) is 0 Å². The van der Waals surface area contributed by atoms with E-state index < -0.39 is 0 Å². The maximum absolute atomic E-state index is 12.5. The molecule has 7 heteroatoms. The van der Waals surface area contributed by atoms with Gasteiger partial charge in [-0.1, -0.05) is 0 Å². The average Bonchev–Trinajstić information content (AvgIpc) is 3.36. The fraction of sp³-hybridized carbons (Fsp3) is 0.524. The van der Waals surface area contributed by atoms with Crippen LogP contribution in [0.1, 0.15) is 24.8 Å². The van der Waals surface area contributed by atoms with Crippen molar-refractivity contribution in [2.24, 2.45) is 5.92 Å². The zero-order valence-electron chi connectivity index (χ0n) is 16.2. The van der Waals surface area contributed by atoms with Gasteiger partial charge in [-0.2, -0.15) is 0 Å². The van der Waals surface area contributed by atoms with E-state index in [1.807, 2.05) is 19.1 Å². The summed E-state index contributed by atoms with van der Waals surface area (Å²) in [5.74, 6) is 0.469. The molecule has 150 valence electrons. The first-order valence-electron chi connectivity index (χ1n) is 10.0. The molecule has 2 N–H and O–H groups in total. The van der Waals surface area contributed by atoms with Crippen LogP contribution < -0.4 is 16.3 Å². The van der Waals surface area contributed by atoms with E-state index in [2.05, 4.69) is 15.5 Å². The largest absolute Gasteiger partial charge is 0.423 e. The average molecular weight is 385 g/mol. The van der Waals surface area contributed by atoms with Crippen molar-refractivity contribution in [2.75, 3.05) is 38.2 Å². The molecular weight excluding hydrogens is 358 g/mol. The molecule has 0 unspecified atom stereocenters. The number of carbonyl (C=O) groups excluding carboxylic acids is 1. The topological polar surface area (TPSA) is 83.8 Å². The predicted octanol–water partition coefficient (Wildman–Crippen LogP) is 2.72. The summed E-state index contributed by atoms with van der Waals surface area (Å²) < 4.78 is 10.8. The van der Waals surface area contributed by atoms with Crippen molar-refractivity contribution in [2.45, 2.75) is 32.2 Å². The van der Waals surface area contributed by atoms with Crippen LogP contribution in [0.3, 0.4) is 0 Å². The number of nitrogens with zero attached hydrogens (tertiary/aromatic N) is 1. The van der Waals surface area contributed by atoms with Gasteiger partial charge in [0.2, 0.25) is 0 Å². The van der Waals surface area contributed by atoms with E-state index in [1.165, 1.54) is 18.9 Å². The smallest absolute Gasteiger partial charge is 0.336 e. The Hall–Kier alpha value is -2.38. The highest BCUT2D eigenvalue weighted by Crippen LogP contribution is 2.24. The second-order valence-electron chi connectivity index (χ2n) is 7.73. The molecule has 4 rings (SSSR count). The van der Waals surface area contributed by atoms with Crippen LogP contribution in [0.15, 0.2) is 33.5 Å². The van der Waals surface area contributed by atoms with Crippen LogP contribution in [0.2, 0.25) is 0 Å². The van der Waals surface area contributed by atoms with Crippen LogP contribution in [-0.2, 0) is 4.74 Å². The summed E-state index contributed by atoms with van der Waals surface area (Å²) in [6, 6.07) is 6.88. The van der Waals surface area contributed by atoms with E-state index in [1.54, 1.807) is 6.07 Å². The Morgan fingerprint density at radius 1 is 1.29 bits per heavy atom. The number of nitrogens with one attached hydrogen (secondary N) is 2. The lowest BCUT2D eigenvalue weighted by Gasteiger charge is -2.31. The van der Waals surface area contributed by atoms with Crippen LogP contribution in [-0.4, -0.2) is 49.8 Å². The molecule has 2 fully saturated rings. The van der Waals surface area contributed by atoms with Gasteiger partial charge in [0.25, 0.3) is 0 Å². The van der Waals surface area contributed by atoms with Gasteiger partial charge < -0.3 is 19.8 Å². The van der Waals surface area contributed by atoms with Crippen LogP contribution in [0.4, 0.5) is 10.5 Å². The highest BCUT2D eigenvalue weighted by Gasteiger charge is 2.32. The molecule has 28 heavy (non-hydrogen) atoms. The van der Waals surface area contributed by atoms with Gasteiger partial charge in [-0.05, 0) is 57.0 Å². The van der Waals surface area contributed by atoms with E-state index in [0.717, 1.165) is 43.7 Å². The van der Waals surface area contributed by atoms with Gasteiger partial charge in [0.05, 0.1) is 6.61 Å². The second kappa shape index (κ2) is 8.32. The van der Waals surface area contributed by atoms with Gasteiger partial charge in [0.1, 0.15) is 5.58 Å². The lowest BCUT2D eigenvalue weighted by molar-refractivity contribution is 0.135. The number of hydrogen-bond donors (Lipinski definition) is 2. The van der Waals surface area contributed by atoms with Crippen molar-refractivity contribution in [1.82, 2.24) is 10.2 Å². The number of ether oxygens (including phenoxy) is 1. The minimum absolute atomic E-state index is 0.252. The number of rotatable bonds is 5. The first-order valence-corrected chi connectivity index (χ1v) is 10.0. The summed E-state index contributed by atoms with van der Waals surface area (Å²) in [5.41, 5.74) is 1.54. The summed E-state index contributed by atoms with van der Waals surface area (Å²) >= 11 is 0. The van der Waals surface area contributed by atoms with E-state index >= 15 is 0 Å². The number of anilines is 1. The molecule has 0 bridgehead atoms. The molecule has 0 aliphatic carbocycles. The fourth-order valence-corrected chi connectivity index (χ4v) is 4.30. The monoisotopic (exact) mass is 385 g/mol. The number of carbonyl (C=O) groups is 1. The third kappa shape index (κ3) is 4.20. The Bertz CT molecular complexity index is 882. The Balaban J connectivity index is 1.40. The number of amides is 2. The van der Waals surface area contributed by atoms with Crippen LogP contribution >= 0.6 is 0 Å². The quantitative estimate of drug-likeness (QED) is 0.773. The number of hydrogen-bond acceptors (Lipinski definition) is 5. The molecule has 2 amide bonds. The van der Waals surface area contributed by atoms with Gasteiger partial charge in [-0.3, -0.25) is 4.90 Å². The molecular formula is C21H27N3O4. The minimum Gasteiger partial charge on any atom is -0.423 e. The van der Waals surface area contributed by atoms with Gasteiger partial charge in [-0.15, -0.1) is 0 Å². The molecule has 2 atom stereocenters. The Morgan fingerprint density at radius 3 is 2.86 bits per heavy atom. The molecule has 3 heterocycles. The fourth-order valence-electron chi connectivity index (χ4n) is 4.30. The highest BCUT2D eigenvalue weighted by molar-refractivity contribution is 5.92. The lowest BCUT2D eigenvalue weighted by atomic mass is 9.97. The predicted molar refractivity (Wildman–Crippen MR) is 108 cm³/mol. The van der Waals surface area contributed by atoms with E-state index in [4.69, 9.17) is 9.15 Å². The first kappa shape index (κ1) is 19.0. The summed E-state index contributed by atoms with van der Waals surface area (Å²) in [6.45, 7) is 6.23. The third-order valence-corrected chi connectivity index (χ3v) is 5.80. The molecule has 0 spiro atoms. The first-order chi connectivity index (χ1) is 13.6. The zero-order chi connectivity index (χ0) is 19.5. The zero-order valence-corrected chi connectivity index (χ0v) is 16.2. The Kier molecular flexibility index (Phi) is 5.64. The number of fused-ring (bicyclic) bond motifs is 1. The van der Waals surface area contributed by atoms with Crippen molar-refractivity contribution >= 4 is 22.7 Å². The van der Waals surface area contributed by atoms with E-state index in [0.29, 0.717) is 29.8 Å². The van der Waals surface area contributed by atoms with E-state index in [-0.39, 0.29) is 11.7 Å². The molecule has 7 nitrogen and oxygen atoms in total. The Labute approximate surface area is 164 Å². The molecule has 2 aliphatic heterocycles. The number of benzene rings is 1. The number of urea groups is 1. The van der Waals surface area contributed by atoms with Crippen molar-refractivity contribution in [3.63, 3.8) is 0 Å². The molecule has 2 aliphatic rings. The maximum Gasteiger partial charge on any atom is 0.336 e. The van der Waals surface area contributed by atoms with Gasteiger partial charge >= 0.3 is 11.7 Å². The molecule has 2 saturated heterocycles. The summed E-state index contributed by atoms with van der Waals surface area (Å²) in [6.07, 6.45) is 3.49. The standard InChI is InChI=1S/C21H27N3O4/c1-14-10-20(25)28-19-11-16(4-5-17(14)19)23-21(26)22-12-18(15-6-9-27-13-15)24-7-2-3-8-24/h4-5,10-11,15,18H,2-3,6-9,12-13H2,1H3,(H2,22,23,26)/t15-,18-/m1/s1. The second-order valence-corrected chi connectivity index (χ2v) is 7.73. The van der Waals surface area contributed by atoms with Gasteiger partial charge in [-0.25, -0.2) is 9.59 Å². The maximum atomic E-state index is 12.5. The molecule has 1 aromatic heterocycles. The van der Waals surface area contributed by atoms with E-state index in [9.17, 15) is 9.59 Å². The van der Waals surface area contributed by atoms with Gasteiger partial charge in [0.15, 0.2) is 0 Å². The van der Waals surface area contributed by atoms with Gasteiger partial charge in [0, 0.05) is 48.3 Å². The minimum atomic E-state index is -0.390. The Morgan fingerprint density at radius 2 is 2.11 bits per heavy atom. The molecule has 1 aromatic carbocycles. The summed E-state index contributed by atoms with van der Waals surface area (Å²) in [5, 5.41) is 6.73. The SMILES string of the molecule is Cc1cc(=O)oc2cc(NC(=O)NC[C@H]([C@@H]3CCOC3)N3CCCC3)ccc12. The van der Waals surface area contributed by atoms with Crippen LogP contribution in [0, 0.1) is 12.8 Å². The summed E-state index contributed by atoms with van der Waals surface area (Å²) in [4.78, 5) is 26.5. The molecule has 0 saturated carbocycles. The highest BCUT2D eigenvalue weighted by atomic mass is 16.5. The van der Waals surface area contributed by atoms with Crippen molar-refractivity contribution in [3.05, 3.63) is 40.2 Å². The van der Waals surface area contributed by atoms with Crippen molar-refractivity contribution < 1.29 is 13.9 Å². The van der Waals surface area contributed by atoms with Crippen molar-refractivity contribution in [1.29, 1.82) is 0 Å². The number of aryl methyl sites for hydroxylation is 1.